The summed E-state index contributed by atoms with van der Waals surface area (Å²) in [6.45, 7) is 15.6. The van der Waals surface area contributed by atoms with Gasteiger partial charge in [-0.2, -0.15) is 18.2 Å². The average Bonchev–Trinajstić information content (AvgIpc) is 3.41. The van der Waals surface area contributed by atoms with Crippen molar-refractivity contribution in [3.8, 4) is 22.5 Å². The first-order valence-corrected chi connectivity index (χ1v) is 12.9. The van der Waals surface area contributed by atoms with E-state index in [1.165, 1.54) is 33.4 Å². The van der Waals surface area contributed by atoms with Gasteiger partial charge in [0.15, 0.2) is 0 Å². The Bertz CT molecular complexity index is 1880. The van der Waals surface area contributed by atoms with Gasteiger partial charge in [-0.15, -0.1) is 5.56 Å². The fourth-order valence-corrected chi connectivity index (χ4v) is 5.61. The van der Waals surface area contributed by atoms with Crippen LogP contribution in [0.2, 0.25) is 0 Å². The van der Waals surface area contributed by atoms with Crippen molar-refractivity contribution in [2.45, 2.75) is 34.6 Å². The van der Waals surface area contributed by atoms with Crippen LogP contribution in [0, 0.1) is 65.2 Å². The standard InChI is InChI=1S/C33H31N4.CN.Pt/c1-21-12-24(4)33(25(5)13-21)26-16-27(36-19-34(6)29-10-8-9-11-30(29)36)18-28(17-26)37-20-35(7)31-14-22(2)23(3)15-32(31)37;1-2;/h8-17H,1-7H3;;/q2*-1;+4. The monoisotopic (exact) mass is 704 g/mol. The Kier molecular flexibility index (Phi) is 8.15. The molecule has 0 aliphatic carbocycles. The Hall–Kier alpha value is -4.00. The van der Waals surface area contributed by atoms with Crippen molar-refractivity contribution in [3.63, 3.8) is 0 Å². The van der Waals surface area contributed by atoms with Crippen molar-refractivity contribution in [1.29, 1.82) is 5.26 Å². The smallest absolute Gasteiger partial charge is 0.512 e. The number of hydrogen-bond acceptors (Lipinski definition) is 1. The molecule has 2 heterocycles. The molecule has 5 nitrogen and oxygen atoms in total. The first-order chi connectivity index (χ1) is 18.7. The molecule has 0 radical (unpaired) electrons. The molecule has 0 saturated carbocycles. The molecule has 0 amide bonds. The maximum absolute atomic E-state index is 6.25. The predicted octanol–water partition coefficient (Wildman–Crippen LogP) is 5.93. The van der Waals surface area contributed by atoms with E-state index in [2.05, 4.69) is 135 Å². The average molecular weight is 705 g/mol. The molecule has 0 atom stereocenters. The molecule has 0 bridgehead atoms. The van der Waals surface area contributed by atoms with Crippen molar-refractivity contribution in [3.05, 3.63) is 114 Å². The fourth-order valence-electron chi connectivity index (χ4n) is 5.61. The van der Waals surface area contributed by atoms with E-state index in [-0.39, 0.29) is 21.1 Å². The third-order valence-corrected chi connectivity index (χ3v) is 7.47. The number of aromatic nitrogens is 4. The Morgan fingerprint density at radius 1 is 0.650 bits per heavy atom. The normalized spacial score (nSPS) is 10.8. The Balaban J connectivity index is 0.00000121. The summed E-state index contributed by atoms with van der Waals surface area (Å²) >= 11 is 0. The van der Waals surface area contributed by atoms with Gasteiger partial charge in [0.25, 0.3) is 0 Å². The molecule has 40 heavy (non-hydrogen) atoms. The molecule has 2 aromatic heterocycles. The molecule has 200 valence electrons. The van der Waals surface area contributed by atoms with Gasteiger partial charge in [-0.3, -0.25) is 0 Å². The summed E-state index contributed by atoms with van der Waals surface area (Å²) in [6, 6.07) is 25.6. The number of benzene rings is 4. The topological polar surface area (TPSA) is 41.4 Å². The third kappa shape index (κ3) is 4.89. The van der Waals surface area contributed by atoms with E-state index >= 15 is 0 Å². The maximum Gasteiger partial charge on any atom is 4.00 e. The zero-order chi connectivity index (χ0) is 28.0. The molecule has 0 spiro atoms. The molecule has 6 aromatic rings. The Morgan fingerprint density at radius 3 is 1.80 bits per heavy atom. The molecular formula is C34H31N5Pt+2. The zero-order valence-electron chi connectivity index (χ0n) is 23.8. The van der Waals surface area contributed by atoms with Crippen molar-refractivity contribution in [2.75, 3.05) is 0 Å². The number of fused-ring (bicyclic) bond motifs is 2. The van der Waals surface area contributed by atoms with Crippen LogP contribution in [0.25, 0.3) is 44.6 Å². The number of imidazole rings is 2. The van der Waals surface area contributed by atoms with Gasteiger partial charge in [0.05, 0.1) is 36.2 Å². The van der Waals surface area contributed by atoms with Crippen LogP contribution in [0.1, 0.15) is 27.8 Å². The van der Waals surface area contributed by atoms with Gasteiger partial charge >= 0.3 is 21.1 Å². The van der Waals surface area contributed by atoms with Gasteiger partial charge in [0.2, 0.25) is 12.7 Å². The van der Waals surface area contributed by atoms with Gasteiger partial charge in [0, 0.05) is 0 Å². The van der Waals surface area contributed by atoms with Crippen LogP contribution in [-0.4, -0.2) is 9.13 Å². The van der Waals surface area contributed by atoms with Gasteiger partial charge < -0.3 is 30.1 Å². The molecule has 0 unspecified atom stereocenters. The zero-order valence-corrected chi connectivity index (χ0v) is 26.1. The van der Waals surface area contributed by atoms with Crippen LogP contribution in [0.5, 0.6) is 0 Å². The molecule has 0 aliphatic heterocycles. The van der Waals surface area contributed by atoms with Crippen LogP contribution in [-0.2, 0) is 35.2 Å². The molecule has 6 heteroatoms. The SMILES string of the molecule is Cc1cc(C)c(-c2cc(-[n+]3[c-]n(C)c4ccccc43)[c-]c(-[n+]3[c-]n(C)c4cc(C)c(C)cc43)c2)c(C)c1.[C-]#N.[Pt+4]. The largest absolute Gasteiger partial charge is 4.00 e. The fraction of sp³-hybridized carbons (Fsp3) is 0.206. The van der Waals surface area contributed by atoms with Crippen molar-refractivity contribution in [1.82, 2.24) is 9.13 Å². The van der Waals surface area contributed by atoms with E-state index in [0.29, 0.717) is 0 Å². The summed E-state index contributed by atoms with van der Waals surface area (Å²) in [7, 11) is 4.09. The second-order valence-electron chi connectivity index (χ2n) is 10.3. The molecule has 6 rings (SSSR count). The molecule has 0 N–H and O–H groups in total. The summed E-state index contributed by atoms with van der Waals surface area (Å²) in [4.78, 5) is 0. The minimum absolute atomic E-state index is 0. The molecule has 4 aromatic carbocycles. The van der Waals surface area contributed by atoms with Crippen LogP contribution in [0.4, 0.5) is 0 Å². The number of nitrogens with zero attached hydrogens (tertiary/aromatic N) is 5. The third-order valence-electron chi connectivity index (χ3n) is 7.47. The summed E-state index contributed by atoms with van der Waals surface area (Å²) < 4.78 is 8.37. The minimum Gasteiger partial charge on any atom is -0.512 e. The van der Waals surface area contributed by atoms with Crippen molar-refractivity contribution in [2.24, 2.45) is 14.1 Å². The summed E-state index contributed by atoms with van der Waals surface area (Å²) in [6.07, 6.45) is 7.04. The van der Waals surface area contributed by atoms with E-state index in [4.69, 9.17) is 11.8 Å². The van der Waals surface area contributed by atoms with Crippen LogP contribution < -0.4 is 9.13 Å². The van der Waals surface area contributed by atoms with Crippen LogP contribution in [0.15, 0.2) is 60.7 Å². The first kappa shape index (κ1) is 29.0. The number of para-hydroxylation sites is 2. The van der Waals surface area contributed by atoms with Crippen molar-refractivity contribution >= 4 is 22.1 Å². The Morgan fingerprint density at radius 2 is 1.18 bits per heavy atom. The van der Waals surface area contributed by atoms with E-state index in [1.807, 2.05) is 11.6 Å². The predicted molar refractivity (Wildman–Crippen MR) is 153 cm³/mol. The first-order valence-electron chi connectivity index (χ1n) is 12.9. The molecule has 0 saturated heterocycles. The van der Waals surface area contributed by atoms with Gasteiger partial charge in [-0.1, -0.05) is 76.6 Å². The van der Waals surface area contributed by atoms with E-state index < -0.39 is 0 Å². The van der Waals surface area contributed by atoms with Gasteiger partial charge in [-0.05, 0) is 51.3 Å². The van der Waals surface area contributed by atoms with Gasteiger partial charge in [-0.25, -0.2) is 0 Å². The Labute approximate surface area is 250 Å². The quantitative estimate of drug-likeness (QED) is 0.167. The van der Waals surface area contributed by atoms with Crippen LogP contribution >= 0.6 is 0 Å². The minimum atomic E-state index is 0. The summed E-state index contributed by atoms with van der Waals surface area (Å²) in [5.74, 6) is 0. The van der Waals surface area contributed by atoms with E-state index in [9.17, 15) is 0 Å². The summed E-state index contributed by atoms with van der Waals surface area (Å²) in [5.41, 5.74) is 15.2. The van der Waals surface area contributed by atoms with E-state index in [0.717, 1.165) is 39.0 Å². The van der Waals surface area contributed by atoms with Gasteiger partial charge in [0.1, 0.15) is 0 Å². The summed E-state index contributed by atoms with van der Waals surface area (Å²) in [5, 5.41) is 6.25. The molecule has 0 fully saturated rings. The van der Waals surface area contributed by atoms with E-state index in [1.54, 1.807) is 0 Å². The van der Waals surface area contributed by atoms with Crippen molar-refractivity contribution < 1.29 is 30.2 Å². The molecular weight excluding hydrogens is 673 g/mol. The second-order valence-corrected chi connectivity index (χ2v) is 10.3. The number of rotatable bonds is 3. The van der Waals surface area contributed by atoms with Crippen LogP contribution in [0.3, 0.4) is 0 Å². The maximum atomic E-state index is 6.25. The number of hydrogen-bond donors (Lipinski definition) is 0. The second kappa shape index (κ2) is 11.2. The molecule has 0 aliphatic rings. The number of aryl methyl sites for hydroxylation is 7.